The Morgan fingerprint density at radius 2 is 2.04 bits per heavy atom. The Morgan fingerprint density at radius 3 is 2.58 bits per heavy atom. The van der Waals surface area contributed by atoms with Gasteiger partial charge in [-0.3, -0.25) is 0 Å². The first-order chi connectivity index (χ1) is 10.8. The molecular weight excluding hydrogens is 456 g/mol. The first kappa shape index (κ1) is 21.4. The molecule has 0 aromatic carbocycles. The van der Waals surface area contributed by atoms with E-state index in [1.54, 1.807) is 0 Å². The Hall–Kier alpha value is -0.620. The van der Waals surface area contributed by atoms with Crippen molar-refractivity contribution >= 4 is 41.3 Å². The van der Waals surface area contributed by atoms with Crippen LogP contribution >= 0.6 is 35.3 Å². The van der Waals surface area contributed by atoms with E-state index < -0.39 is 17.5 Å². The minimum Gasteiger partial charge on any atom is -0.388 e. The lowest BCUT2D eigenvalue weighted by molar-refractivity contribution is -0.140. The van der Waals surface area contributed by atoms with Crippen LogP contribution < -0.4 is 10.6 Å². The summed E-state index contributed by atoms with van der Waals surface area (Å²) in [6, 6.07) is 0. The van der Waals surface area contributed by atoms with Crippen LogP contribution in [-0.2, 0) is 12.7 Å². The zero-order chi connectivity index (χ0) is 16.9. The maximum atomic E-state index is 12.5. The monoisotopic (exact) mass is 478 g/mol. The second kappa shape index (κ2) is 9.18. The zero-order valence-corrected chi connectivity index (χ0v) is 16.5. The number of aromatic nitrogens is 1. The third-order valence-corrected chi connectivity index (χ3v) is 4.51. The number of halogens is 4. The molecule has 1 aliphatic rings. The molecule has 0 saturated heterocycles. The van der Waals surface area contributed by atoms with Gasteiger partial charge in [0.15, 0.2) is 11.7 Å². The summed E-state index contributed by atoms with van der Waals surface area (Å²) in [5.74, 6) is 0.469. The van der Waals surface area contributed by atoms with Crippen molar-refractivity contribution in [3.63, 3.8) is 0 Å². The van der Waals surface area contributed by atoms with Crippen LogP contribution in [0.2, 0.25) is 0 Å². The summed E-state index contributed by atoms with van der Waals surface area (Å²) in [5.41, 5.74) is -1.60. The van der Waals surface area contributed by atoms with Gasteiger partial charge in [-0.2, -0.15) is 13.2 Å². The standard InChI is InChI=1S/C14H21F3N4OS.HI/c1-2-18-12(20-9-13(22)5-3-4-6-13)19-7-11-21-10(8-23-11)14(15,16)17;/h8,22H,2-7,9H2,1H3,(H2,18,19,20);1H. The van der Waals surface area contributed by atoms with Gasteiger partial charge >= 0.3 is 6.18 Å². The van der Waals surface area contributed by atoms with E-state index in [2.05, 4.69) is 20.6 Å². The number of guanidine groups is 1. The van der Waals surface area contributed by atoms with E-state index in [4.69, 9.17) is 0 Å². The molecule has 0 bridgehead atoms. The molecule has 0 aliphatic heterocycles. The molecule has 1 fully saturated rings. The van der Waals surface area contributed by atoms with Crippen molar-refractivity contribution in [3.8, 4) is 0 Å². The third kappa shape index (κ3) is 6.36. The number of hydrogen-bond acceptors (Lipinski definition) is 4. The van der Waals surface area contributed by atoms with E-state index in [0.717, 1.165) is 42.4 Å². The van der Waals surface area contributed by atoms with Crippen LogP contribution in [0.4, 0.5) is 13.2 Å². The summed E-state index contributed by atoms with van der Waals surface area (Å²) in [7, 11) is 0. The Balaban J connectivity index is 0.00000288. The molecule has 1 aliphatic carbocycles. The molecule has 0 radical (unpaired) electrons. The summed E-state index contributed by atoms with van der Waals surface area (Å²) in [6.45, 7) is 2.96. The van der Waals surface area contributed by atoms with Gasteiger partial charge in [0.2, 0.25) is 0 Å². The molecule has 0 unspecified atom stereocenters. The topological polar surface area (TPSA) is 69.5 Å². The summed E-state index contributed by atoms with van der Waals surface area (Å²) >= 11 is 0.936. The van der Waals surface area contributed by atoms with E-state index in [9.17, 15) is 18.3 Å². The molecule has 0 amide bonds. The van der Waals surface area contributed by atoms with E-state index in [1.807, 2.05) is 6.92 Å². The SMILES string of the molecule is CCNC(=NCc1nc(C(F)(F)F)cs1)NCC1(O)CCCC1.I. The van der Waals surface area contributed by atoms with Crippen LogP contribution in [0.5, 0.6) is 0 Å². The number of alkyl halides is 3. The molecule has 0 atom stereocenters. The number of aliphatic hydroxyl groups is 1. The van der Waals surface area contributed by atoms with Gasteiger partial charge in [0.25, 0.3) is 0 Å². The van der Waals surface area contributed by atoms with Crippen molar-refractivity contribution in [1.82, 2.24) is 15.6 Å². The molecule has 2 rings (SSSR count). The highest BCUT2D eigenvalue weighted by molar-refractivity contribution is 14.0. The van der Waals surface area contributed by atoms with Crippen molar-refractivity contribution < 1.29 is 18.3 Å². The first-order valence-corrected chi connectivity index (χ1v) is 8.46. The zero-order valence-electron chi connectivity index (χ0n) is 13.3. The highest BCUT2D eigenvalue weighted by Crippen LogP contribution is 2.30. The molecule has 3 N–H and O–H groups in total. The molecule has 1 aromatic heterocycles. The van der Waals surface area contributed by atoms with Crippen LogP contribution in [0, 0.1) is 0 Å². The van der Waals surface area contributed by atoms with Crippen LogP contribution in [0.25, 0.3) is 0 Å². The number of rotatable bonds is 5. The number of nitrogens with one attached hydrogen (secondary N) is 2. The number of thiazole rings is 1. The van der Waals surface area contributed by atoms with Crippen molar-refractivity contribution in [2.45, 2.75) is 50.9 Å². The molecule has 138 valence electrons. The van der Waals surface area contributed by atoms with Crippen molar-refractivity contribution in [3.05, 3.63) is 16.1 Å². The number of hydrogen-bond donors (Lipinski definition) is 3. The summed E-state index contributed by atoms with van der Waals surface area (Å²) in [4.78, 5) is 7.78. The normalized spacial score (nSPS) is 17.5. The van der Waals surface area contributed by atoms with Crippen molar-refractivity contribution in [1.29, 1.82) is 0 Å². The van der Waals surface area contributed by atoms with Gasteiger partial charge in [0.1, 0.15) is 5.01 Å². The Morgan fingerprint density at radius 1 is 1.38 bits per heavy atom. The van der Waals surface area contributed by atoms with E-state index in [0.29, 0.717) is 24.1 Å². The Kier molecular flexibility index (Phi) is 8.20. The van der Waals surface area contributed by atoms with Crippen molar-refractivity contribution in [2.75, 3.05) is 13.1 Å². The van der Waals surface area contributed by atoms with Crippen LogP contribution in [-0.4, -0.2) is 34.7 Å². The first-order valence-electron chi connectivity index (χ1n) is 7.58. The van der Waals surface area contributed by atoms with Gasteiger partial charge in [-0.25, -0.2) is 9.98 Å². The molecule has 5 nitrogen and oxygen atoms in total. The Labute approximate surface area is 160 Å². The highest BCUT2D eigenvalue weighted by Gasteiger charge is 2.33. The van der Waals surface area contributed by atoms with Gasteiger partial charge in [-0.1, -0.05) is 12.8 Å². The van der Waals surface area contributed by atoms with E-state index in [-0.39, 0.29) is 30.5 Å². The molecule has 1 saturated carbocycles. The number of aliphatic imine (C=N–C) groups is 1. The van der Waals surface area contributed by atoms with Crippen LogP contribution in [0.3, 0.4) is 0 Å². The molecule has 10 heteroatoms. The van der Waals surface area contributed by atoms with Gasteiger partial charge in [0, 0.05) is 18.5 Å². The van der Waals surface area contributed by atoms with E-state index in [1.165, 1.54) is 0 Å². The average Bonchev–Trinajstić information content (AvgIpc) is 3.11. The lowest BCUT2D eigenvalue weighted by atomic mass is 10.0. The predicted molar refractivity (Wildman–Crippen MR) is 98.8 cm³/mol. The molecule has 1 aromatic rings. The Bertz CT molecular complexity index is 544. The van der Waals surface area contributed by atoms with Gasteiger partial charge in [0.05, 0.1) is 12.1 Å². The quantitative estimate of drug-likeness (QED) is 0.346. The van der Waals surface area contributed by atoms with Gasteiger partial charge < -0.3 is 15.7 Å². The van der Waals surface area contributed by atoms with Gasteiger partial charge in [-0.15, -0.1) is 35.3 Å². The second-order valence-electron chi connectivity index (χ2n) is 5.60. The maximum absolute atomic E-state index is 12.5. The predicted octanol–water partition coefficient (Wildman–Crippen LogP) is 3.14. The highest BCUT2D eigenvalue weighted by atomic mass is 127. The molecule has 24 heavy (non-hydrogen) atoms. The van der Waals surface area contributed by atoms with Gasteiger partial charge in [-0.05, 0) is 19.8 Å². The molecular formula is C14H22F3IN4OS. The largest absolute Gasteiger partial charge is 0.434 e. The summed E-state index contributed by atoms with van der Waals surface area (Å²) < 4.78 is 37.5. The number of nitrogens with zero attached hydrogens (tertiary/aromatic N) is 2. The second-order valence-corrected chi connectivity index (χ2v) is 6.55. The minimum absolute atomic E-state index is 0. The lowest BCUT2D eigenvalue weighted by Crippen LogP contribution is -2.46. The molecule has 1 heterocycles. The maximum Gasteiger partial charge on any atom is 0.434 e. The van der Waals surface area contributed by atoms with E-state index >= 15 is 0 Å². The van der Waals surface area contributed by atoms with Crippen LogP contribution in [0.1, 0.15) is 43.3 Å². The smallest absolute Gasteiger partial charge is 0.388 e. The molecule has 0 spiro atoms. The van der Waals surface area contributed by atoms with Crippen molar-refractivity contribution in [2.24, 2.45) is 4.99 Å². The fraction of sp³-hybridized carbons (Fsp3) is 0.714. The van der Waals surface area contributed by atoms with Crippen LogP contribution in [0.15, 0.2) is 10.4 Å². The minimum atomic E-state index is -4.42. The third-order valence-electron chi connectivity index (χ3n) is 3.68. The lowest BCUT2D eigenvalue weighted by Gasteiger charge is -2.23. The summed E-state index contributed by atoms with van der Waals surface area (Å²) in [6.07, 6.45) is -0.912. The average molecular weight is 478 g/mol. The fourth-order valence-electron chi connectivity index (χ4n) is 2.46. The summed E-state index contributed by atoms with van der Waals surface area (Å²) in [5, 5.41) is 17.7. The fourth-order valence-corrected chi connectivity index (χ4v) is 3.18.